The van der Waals surface area contributed by atoms with Crippen molar-refractivity contribution in [2.45, 2.75) is 12.3 Å². The molecule has 1 aromatic carbocycles. The molecule has 98 valence electrons. The highest BCUT2D eigenvalue weighted by molar-refractivity contribution is 6.35. The fourth-order valence-corrected chi connectivity index (χ4v) is 1.96. The first-order valence-electron chi connectivity index (χ1n) is 5.70. The number of benzene rings is 1. The van der Waals surface area contributed by atoms with E-state index in [1.807, 2.05) is 25.1 Å². The molecule has 1 N–H and O–H groups in total. The van der Waals surface area contributed by atoms with Crippen molar-refractivity contribution in [3.05, 3.63) is 58.9 Å². The average molecular weight is 295 g/mol. The zero-order valence-corrected chi connectivity index (χ0v) is 11.7. The number of amides is 1. The smallest absolute Gasteiger partial charge is 0.247 e. The minimum atomic E-state index is -0.766. The van der Waals surface area contributed by atoms with Gasteiger partial charge in [-0.25, -0.2) is 4.98 Å². The number of hydrogen-bond donors (Lipinski definition) is 1. The Labute approximate surface area is 121 Å². The van der Waals surface area contributed by atoms with E-state index < -0.39 is 5.38 Å². The number of halogens is 2. The SMILES string of the molecule is Cc1cnc(Cl)c(NC(=O)C(Cl)c2ccccc2)c1. The van der Waals surface area contributed by atoms with Crippen molar-refractivity contribution in [2.75, 3.05) is 5.32 Å². The number of carbonyl (C=O) groups is 1. The van der Waals surface area contributed by atoms with Crippen molar-refractivity contribution >= 4 is 34.8 Å². The van der Waals surface area contributed by atoms with Crippen LogP contribution in [-0.4, -0.2) is 10.9 Å². The van der Waals surface area contributed by atoms with Crippen molar-refractivity contribution in [1.82, 2.24) is 4.98 Å². The van der Waals surface area contributed by atoms with E-state index in [-0.39, 0.29) is 11.1 Å². The Hall–Kier alpha value is -1.58. The molecule has 0 spiro atoms. The van der Waals surface area contributed by atoms with Crippen LogP contribution in [0.3, 0.4) is 0 Å². The molecule has 19 heavy (non-hydrogen) atoms. The van der Waals surface area contributed by atoms with Crippen LogP contribution in [0.2, 0.25) is 5.15 Å². The predicted octanol–water partition coefficient (Wildman–Crippen LogP) is 3.96. The fraction of sp³-hybridized carbons (Fsp3) is 0.143. The van der Waals surface area contributed by atoms with Gasteiger partial charge in [0.15, 0.2) is 5.15 Å². The second kappa shape index (κ2) is 6.04. The molecule has 2 rings (SSSR count). The molecule has 1 unspecified atom stereocenters. The molecule has 0 saturated heterocycles. The van der Waals surface area contributed by atoms with Gasteiger partial charge in [-0.15, -0.1) is 11.6 Å². The molecule has 1 heterocycles. The van der Waals surface area contributed by atoms with Crippen molar-refractivity contribution < 1.29 is 4.79 Å². The van der Waals surface area contributed by atoms with Crippen LogP contribution in [0.4, 0.5) is 5.69 Å². The molecule has 0 saturated carbocycles. The van der Waals surface area contributed by atoms with Gasteiger partial charge in [-0.3, -0.25) is 4.79 Å². The number of alkyl halides is 1. The Morgan fingerprint density at radius 1 is 1.32 bits per heavy atom. The van der Waals surface area contributed by atoms with Gasteiger partial charge in [0.1, 0.15) is 5.38 Å². The summed E-state index contributed by atoms with van der Waals surface area (Å²) in [7, 11) is 0. The number of anilines is 1. The van der Waals surface area contributed by atoms with E-state index in [9.17, 15) is 4.79 Å². The van der Waals surface area contributed by atoms with E-state index in [2.05, 4.69) is 10.3 Å². The fourth-order valence-electron chi connectivity index (χ4n) is 1.61. The van der Waals surface area contributed by atoms with Crippen LogP contribution in [0.1, 0.15) is 16.5 Å². The topological polar surface area (TPSA) is 42.0 Å². The van der Waals surface area contributed by atoms with Gasteiger partial charge in [0, 0.05) is 6.20 Å². The molecule has 0 aliphatic rings. The van der Waals surface area contributed by atoms with Gasteiger partial charge in [-0.05, 0) is 24.1 Å². The molecule has 1 atom stereocenters. The van der Waals surface area contributed by atoms with E-state index in [4.69, 9.17) is 23.2 Å². The van der Waals surface area contributed by atoms with E-state index in [0.717, 1.165) is 11.1 Å². The van der Waals surface area contributed by atoms with Crippen molar-refractivity contribution in [1.29, 1.82) is 0 Å². The Morgan fingerprint density at radius 2 is 2.00 bits per heavy atom. The van der Waals surface area contributed by atoms with Crippen LogP contribution in [-0.2, 0) is 4.79 Å². The van der Waals surface area contributed by atoms with Gasteiger partial charge in [0.05, 0.1) is 5.69 Å². The summed E-state index contributed by atoms with van der Waals surface area (Å²) in [5.41, 5.74) is 2.11. The molecule has 1 aromatic heterocycles. The molecular weight excluding hydrogens is 283 g/mol. The summed E-state index contributed by atoms with van der Waals surface area (Å²) in [6.07, 6.45) is 1.63. The molecule has 2 aromatic rings. The second-order valence-electron chi connectivity index (χ2n) is 4.11. The summed E-state index contributed by atoms with van der Waals surface area (Å²) in [5.74, 6) is -0.331. The van der Waals surface area contributed by atoms with Gasteiger partial charge >= 0.3 is 0 Å². The number of aryl methyl sites for hydroxylation is 1. The van der Waals surface area contributed by atoms with Gasteiger partial charge in [-0.2, -0.15) is 0 Å². The summed E-state index contributed by atoms with van der Waals surface area (Å²) in [6.45, 7) is 1.87. The number of carbonyl (C=O) groups excluding carboxylic acids is 1. The van der Waals surface area contributed by atoms with Gasteiger partial charge in [0.25, 0.3) is 0 Å². The number of pyridine rings is 1. The lowest BCUT2D eigenvalue weighted by Crippen LogP contribution is -2.17. The summed E-state index contributed by atoms with van der Waals surface area (Å²) < 4.78 is 0. The molecule has 1 amide bonds. The first-order chi connectivity index (χ1) is 9.08. The molecular formula is C14H12Cl2N2O. The van der Waals surface area contributed by atoms with Gasteiger partial charge in [0.2, 0.25) is 5.91 Å². The van der Waals surface area contributed by atoms with Crippen LogP contribution in [0.25, 0.3) is 0 Å². The lowest BCUT2D eigenvalue weighted by Gasteiger charge is -2.12. The number of nitrogens with one attached hydrogen (secondary N) is 1. The third-order valence-electron chi connectivity index (χ3n) is 2.56. The standard InChI is InChI=1S/C14H12Cl2N2O/c1-9-7-11(13(16)17-8-9)18-14(19)12(15)10-5-3-2-4-6-10/h2-8,12H,1H3,(H,18,19). The molecule has 0 radical (unpaired) electrons. The second-order valence-corrected chi connectivity index (χ2v) is 4.91. The average Bonchev–Trinajstić information content (AvgIpc) is 2.43. The Kier molecular flexibility index (Phi) is 4.40. The van der Waals surface area contributed by atoms with E-state index in [1.165, 1.54) is 0 Å². The maximum atomic E-state index is 12.0. The summed E-state index contributed by atoms with van der Waals surface area (Å²) in [5, 5.41) is 2.16. The Balaban J connectivity index is 2.15. The zero-order valence-electron chi connectivity index (χ0n) is 10.2. The Morgan fingerprint density at radius 3 is 2.68 bits per heavy atom. The van der Waals surface area contributed by atoms with E-state index >= 15 is 0 Å². The first-order valence-corrected chi connectivity index (χ1v) is 6.51. The highest BCUT2D eigenvalue weighted by Crippen LogP contribution is 2.25. The van der Waals surface area contributed by atoms with Crippen LogP contribution in [0, 0.1) is 6.92 Å². The van der Waals surface area contributed by atoms with E-state index in [1.54, 1.807) is 24.4 Å². The summed E-state index contributed by atoms with van der Waals surface area (Å²) in [4.78, 5) is 16.0. The first kappa shape index (κ1) is 13.8. The molecule has 5 heteroatoms. The highest BCUT2D eigenvalue weighted by atomic mass is 35.5. The molecule has 0 aliphatic carbocycles. The van der Waals surface area contributed by atoms with Crippen LogP contribution in [0.5, 0.6) is 0 Å². The van der Waals surface area contributed by atoms with Crippen LogP contribution in [0.15, 0.2) is 42.6 Å². The summed E-state index contributed by atoms with van der Waals surface area (Å²) >= 11 is 12.0. The lowest BCUT2D eigenvalue weighted by molar-refractivity contribution is -0.116. The monoisotopic (exact) mass is 294 g/mol. The van der Waals surface area contributed by atoms with Crippen LogP contribution >= 0.6 is 23.2 Å². The predicted molar refractivity (Wildman–Crippen MR) is 77.6 cm³/mol. The Bertz CT molecular complexity index is 587. The van der Waals surface area contributed by atoms with Gasteiger partial charge in [-0.1, -0.05) is 41.9 Å². The number of nitrogens with zero attached hydrogens (tertiary/aromatic N) is 1. The van der Waals surface area contributed by atoms with Gasteiger partial charge < -0.3 is 5.32 Å². The number of rotatable bonds is 3. The maximum absolute atomic E-state index is 12.0. The van der Waals surface area contributed by atoms with Crippen molar-refractivity contribution in [3.8, 4) is 0 Å². The molecule has 0 bridgehead atoms. The van der Waals surface area contributed by atoms with Crippen LogP contribution < -0.4 is 5.32 Å². The van der Waals surface area contributed by atoms with Crippen molar-refractivity contribution in [2.24, 2.45) is 0 Å². The van der Waals surface area contributed by atoms with Crippen molar-refractivity contribution in [3.63, 3.8) is 0 Å². The third kappa shape index (κ3) is 3.46. The molecule has 3 nitrogen and oxygen atoms in total. The highest BCUT2D eigenvalue weighted by Gasteiger charge is 2.18. The maximum Gasteiger partial charge on any atom is 0.247 e. The zero-order chi connectivity index (χ0) is 13.8. The van der Waals surface area contributed by atoms with E-state index in [0.29, 0.717) is 5.69 Å². The molecule has 0 fully saturated rings. The number of hydrogen-bond acceptors (Lipinski definition) is 2. The minimum absolute atomic E-state index is 0.246. The normalized spacial score (nSPS) is 11.9. The number of aromatic nitrogens is 1. The third-order valence-corrected chi connectivity index (χ3v) is 3.31. The quantitative estimate of drug-likeness (QED) is 0.688. The minimum Gasteiger partial charge on any atom is -0.322 e. The molecule has 0 aliphatic heterocycles. The lowest BCUT2D eigenvalue weighted by atomic mass is 10.1. The summed E-state index contributed by atoms with van der Waals surface area (Å²) in [6, 6.07) is 10.9. The largest absolute Gasteiger partial charge is 0.322 e.